The Kier molecular flexibility index (Phi) is 4.28. The highest BCUT2D eigenvalue weighted by molar-refractivity contribution is 6.04. The number of anilines is 2. The Morgan fingerprint density at radius 3 is 2.48 bits per heavy atom. The molecular formula is C24H22N4O. The number of nitrogens with one attached hydrogen (secondary N) is 1. The van der Waals surface area contributed by atoms with Crippen molar-refractivity contribution in [3.8, 4) is 0 Å². The fraction of sp³-hybridized carbons (Fsp3) is 0.167. The third kappa shape index (κ3) is 3.36. The molecule has 0 aliphatic carbocycles. The van der Waals surface area contributed by atoms with Gasteiger partial charge in [0, 0.05) is 30.0 Å². The van der Waals surface area contributed by atoms with Gasteiger partial charge in [-0.1, -0.05) is 29.8 Å². The Labute approximate surface area is 169 Å². The number of carbonyl (C=O) groups is 1. The minimum Gasteiger partial charge on any atom is -0.362 e. The van der Waals surface area contributed by atoms with E-state index in [1.54, 1.807) is 0 Å². The van der Waals surface area contributed by atoms with E-state index in [1.807, 2.05) is 49.4 Å². The van der Waals surface area contributed by atoms with E-state index in [4.69, 9.17) is 4.98 Å². The molecule has 1 aliphatic rings. The van der Waals surface area contributed by atoms with E-state index >= 15 is 0 Å². The lowest BCUT2D eigenvalue weighted by Crippen LogP contribution is -2.33. The molecule has 0 fully saturated rings. The minimum atomic E-state index is -0.0931. The van der Waals surface area contributed by atoms with Crippen molar-refractivity contribution >= 4 is 28.3 Å². The van der Waals surface area contributed by atoms with Crippen LogP contribution in [-0.2, 0) is 13.1 Å². The summed E-state index contributed by atoms with van der Waals surface area (Å²) in [6.45, 7) is 4.64. The standard InChI is InChI=1S/C24H22N4O/c1-17-6-8-18(9-7-17)24(29)25-19-10-12-20(13-11-19)27-14-15-28-22-5-3-2-4-21(22)26-23(28)16-27/h2-13H,14-16H2,1H3,(H,25,29). The smallest absolute Gasteiger partial charge is 0.255 e. The van der Waals surface area contributed by atoms with E-state index < -0.39 is 0 Å². The van der Waals surface area contributed by atoms with Crippen LogP contribution in [0.1, 0.15) is 21.7 Å². The molecule has 1 N–H and O–H groups in total. The van der Waals surface area contributed by atoms with Gasteiger partial charge in [-0.15, -0.1) is 0 Å². The number of fused-ring (bicyclic) bond motifs is 3. The fourth-order valence-corrected chi connectivity index (χ4v) is 3.85. The highest BCUT2D eigenvalue weighted by Gasteiger charge is 2.20. The van der Waals surface area contributed by atoms with Crippen LogP contribution in [0.15, 0.2) is 72.8 Å². The second-order valence-electron chi connectivity index (χ2n) is 7.46. The molecule has 0 saturated heterocycles. The molecule has 0 atom stereocenters. The molecule has 29 heavy (non-hydrogen) atoms. The molecule has 0 spiro atoms. The number of hydrogen-bond acceptors (Lipinski definition) is 3. The summed E-state index contributed by atoms with van der Waals surface area (Å²) >= 11 is 0. The largest absolute Gasteiger partial charge is 0.362 e. The van der Waals surface area contributed by atoms with Gasteiger partial charge in [0.25, 0.3) is 5.91 Å². The minimum absolute atomic E-state index is 0.0931. The number of para-hydroxylation sites is 2. The second-order valence-corrected chi connectivity index (χ2v) is 7.46. The van der Waals surface area contributed by atoms with Crippen LogP contribution in [-0.4, -0.2) is 22.0 Å². The summed E-state index contributed by atoms with van der Waals surface area (Å²) in [4.78, 5) is 19.5. The van der Waals surface area contributed by atoms with E-state index in [-0.39, 0.29) is 5.91 Å². The summed E-state index contributed by atoms with van der Waals surface area (Å²) in [5, 5.41) is 2.97. The fourth-order valence-electron chi connectivity index (χ4n) is 3.85. The third-order valence-corrected chi connectivity index (χ3v) is 5.46. The average molecular weight is 382 g/mol. The number of benzene rings is 3. The monoisotopic (exact) mass is 382 g/mol. The van der Waals surface area contributed by atoms with E-state index in [1.165, 1.54) is 5.52 Å². The molecule has 2 heterocycles. The van der Waals surface area contributed by atoms with Gasteiger partial charge in [-0.05, 0) is 55.5 Å². The molecule has 144 valence electrons. The van der Waals surface area contributed by atoms with Crippen LogP contribution in [0.5, 0.6) is 0 Å². The van der Waals surface area contributed by atoms with Crippen molar-refractivity contribution in [1.82, 2.24) is 9.55 Å². The first kappa shape index (κ1) is 17.5. The molecule has 5 nitrogen and oxygen atoms in total. The number of hydrogen-bond donors (Lipinski definition) is 1. The molecular weight excluding hydrogens is 360 g/mol. The number of carbonyl (C=O) groups excluding carboxylic acids is 1. The first-order valence-electron chi connectivity index (χ1n) is 9.84. The second kappa shape index (κ2) is 7.09. The van der Waals surface area contributed by atoms with Crippen LogP contribution < -0.4 is 10.2 Å². The maximum Gasteiger partial charge on any atom is 0.255 e. The zero-order chi connectivity index (χ0) is 19.8. The van der Waals surface area contributed by atoms with Gasteiger partial charge in [0.05, 0.1) is 17.6 Å². The third-order valence-electron chi connectivity index (χ3n) is 5.46. The Morgan fingerprint density at radius 1 is 0.931 bits per heavy atom. The lowest BCUT2D eigenvalue weighted by molar-refractivity contribution is 0.102. The molecule has 1 aliphatic heterocycles. The number of nitrogens with zero attached hydrogens (tertiary/aromatic N) is 3. The van der Waals surface area contributed by atoms with E-state index in [2.05, 4.69) is 45.1 Å². The average Bonchev–Trinajstić information content (AvgIpc) is 3.12. The maximum absolute atomic E-state index is 12.4. The Morgan fingerprint density at radius 2 is 1.69 bits per heavy atom. The maximum atomic E-state index is 12.4. The first-order valence-corrected chi connectivity index (χ1v) is 9.84. The van der Waals surface area contributed by atoms with Crippen molar-refractivity contribution in [1.29, 1.82) is 0 Å². The zero-order valence-corrected chi connectivity index (χ0v) is 16.3. The summed E-state index contributed by atoms with van der Waals surface area (Å²) in [6.07, 6.45) is 0. The van der Waals surface area contributed by atoms with Crippen LogP contribution in [0, 0.1) is 6.92 Å². The normalized spacial score (nSPS) is 13.3. The molecule has 1 amide bonds. The highest BCUT2D eigenvalue weighted by atomic mass is 16.1. The van der Waals surface area contributed by atoms with Gasteiger partial charge in [0.1, 0.15) is 5.82 Å². The molecule has 4 aromatic rings. The van der Waals surface area contributed by atoms with Crippen LogP contribution >= 0.6 is 0 Å². The topological polar surface area (TPSA) is 50.2 Å². The predicted octanol–water partition coefficient (Wildman–Crippen LogP) is 4.62. The van der Waals surface area contributed by atoms with Crippen molar-refractivity contribution in [2.24, 2.45) is 0 Å². The predicted molar refractivity (Wildman–Crippen MR) is 116 cm³/mol. The molecule has 5 rings (SSSR count). The van der Waals surface area contributed by atoms with Gasteiger partial charge in [-0.25, -0.2) is 4.98 Å². The molecule has 0 radical (unpaired) electrons. The van der Waals surface area contributed by atoms with Crippen LogP contribution in [0.4, 0.5) is 11.4 Å². The number of aromatic nitrogens is 2. The summed E-state index contributed by atoms with van der Waals surface area (Å²) in [7, 11) is 0. The van der Waals surface area contributed by atoms with Gasteiger partial charge in [0.2, 0.25) is 0 Å². The SMILES string of the molecule is Cc1ccc(C(=O)Nc2ccc(N3CCn4c(nc5ccccc54)C3)cc2)cc1. The van der Waals surface area contributed by atoms with E-state index in [0.717, 1.165) is 47.9 Å². The molecule has 3 aromatic carbocycles. The summed E-state index contributed by atoms with van der Waals surface area (Å²) in [5.74, 6) is 0.999. The lowest BCUT2D eigenvalue weighted by atomic mass is 10.1. The molecule has 0 unspecified atom stereocenters. The number of amides is 1. The van der Waals surface area contributed by atoms with Gasteiger partial charge in [-0.3, -0.25) is 4.79 Å². The molecule has 0 bridgehead atoms. The number of aryl methyl sites for hydroxylation is 1. The zero-order valence-electron chi connectivity index (χ0n) is 16.3. The van der Waals surface area contributed by atoms with Gasteiger partial charge < -0.3 is 14.8 Å². The number of imidazole rings is 1. The Balaban J connectivity index is 1.30. The lowest BCUT2D eigenvalue weighted by Gasteiger charge is -2.30. The van der Waals surface area contributed by atoms with Gasteiger partial charge >= 0.3 is 0 Å². The van der Waals surface area contributed by atoms with Gasteiger partial charge in [-0.2, -0.15) is 0 Å². The van der Waals surface area contributed by atoms with E-state index in [0.29, 0.717) is 5.56 Å². The van der Waals surface area contributed by atoms with Crippen molar-refractivity contribution in [3.63, 3.8) is 0 Å². The van der Waals surface area contributed by atoms with E-state index in [9.17, 15) is 4.79 Å². The summed E-state index contributed by atoms with van der Waals surface area (Å²) in [6, 6.07) is 23.9. The quantitative estimate of drug-likeness (QED) is 0.563. The van der Waals surface area contributed by atoms with Crippen LogP contribution in [0.2, 0.25) is 0 Å². The summed E-state index contributed by atoms with van der Waals surface area (Å²) in [5.41, 5.74) is 5.99. The van der Waals surface area contributed by atoms with Crippen LogP contribution in [0.3, 0.4) is 0 Å². The summed E-state index contributed by atoms with van der Waals surface area (Å²) < 4.78 is 2.31. The van der Waals surface area contributed by atoms with Gasteiger partial charge in [0.15, 0.2) is 0 Å². The Hall–Kier alpha value is -3.60. The molecule has 1 aromatic heterocycles. The highest BCUT2D eigenvalue weighted by Crippen LogP contribution is 2.26. The first-order chi connectivity index (χ1) is 14.2. The van der Waals surface area contributed by atoms with Crippen molar-refractivity contribution in [2.45, 2.75) is 20.0 Å². The number of rotatable bonds is 3. The Bertz CT molecular complexity index is 1180. The molecule has 0 saturated carbocycles. The van der Waals surface area contributed by atoms with Crippen molar-refractivity contribution in [3.05, 3.63) is 89.7 Å². The van der Waals surface area contributed by atoms with Crippen LogP contribution in [0.25, 0.3) is 11.0 Å². The molecule has 5 heteroatoms. The van der Waals surface area contributed by atoms with Crippen molar-refractivity contribution in [2.75, 3.05) is 16.8 Å². The van der Waals surface area contributed by atoms with Crippen molar-refractivity contribution < 1.29 is 4.79 Å².